The Balaban J connectivity index is 1.05. The first-order chi connectivity index (χ1) is 64.1. The molecule has 2 aliphatic heterocycles. The number of carbonyl (C=O) groups excluding carboxylic acids is 16. The zero-order valence-electron chi connectivity index (χ0n) is 75.6. The molecule has 135 heavy (non-hydrogen) atoms. The smallest absolute Gasteiger partial charge is 0.305 e. The first-order valence-corrected chi connectivity index (χ1v) is 45.2. The highest BCUT2D eigenvalue weighted by molar-refractivity contribution is 8.00. The van der Waals surface area contributed by atoms with E-state index in [1.165, 1.54) is 38.4 Å². The van der Waals surface area contributed by atoms with Gasteiger partial charge in [0.2, 0.25) is 88.6 Å². The number of nitrogens with zero attached hydrogens (tertiary/aromatic N) is 5. The fourth-order valence-electron chi connectivity index (χ4n) is 15.9. The number of likely N-dealkylation sites (N-methyl/N-ethyl adjacent to an activating group) is 3. The minimum absolute atomic E-state index is 0.00536. The highest BCUT2D eigenvalue weighted by Crippen LogP contribution is 2.29. The molecule has 3 heterocycles. The molecule has 1 aromatic heterocycles. The number of primary amides is 2. The molecule has 730 valence electrons. The number of amides is 15. The van der Waals surface area contributed by atoms with Crippen LogP contribution in [0.2, 0.25) is 0 Å². The topological polar surface area (TPSA) is 603 Å². The third-order valence-electron chi connectivity index (χ3n) is 23.4. The number of aromatic amines is 1. The van der Waals surface area contributed by atoms with Crippen LogP contribution in [0.5, 0.6) is 5.75 Å². The Labute approximate surface area is 781 Å². The molecular weight excluding hydrogens is 1780 g/mol. The number of phenols is 1. The number of aromatic hydroxyl groups is 1. The van der Waals surface area contributed by atoms with Crippen LogP contribution in [-0.4, -0.2) is 300 Å². The summed E-state index contributed by atoms with van der Waals surface area (Å²) >= 11 is 0.626. The van der Waals surface area contributed by atoms with Gasteiger partial charge in [0.05, 0.1) is 43.0 Å². The number of para-hydroxylation sites is 1. The third kappa shape index (κ3) is 30.8. The SMILES string of the molecule is CCCC[C@@H](C(=O)N1C[C@H](O)C[C@@H]1C(=O)N[C@H](C=O)CC(=O)O)N(C)C(=O)[C@H](Cc1ccccc1)N(C)C(=O)[C@H](Cc1cc(F)c(F)c(F)c1)NC(=O)CSC[C@H](NC(=O)[C@H](CCCN)NC(=O)[C@H](Cc1ccc(O)cc1)NC(=O)[C@H](Cc1c[nH]c2ccccc12)NC(=O)[C@H]1C[C@@H](O)CN1C(=O)[C@H](CCC(N)=O)NC(=O)C(Cc1ccccc1)N(C)C(=O)[C@@H](N)C(C)C)C(=O)NCC(N)=O. The number of aliphatic carboxylic acids is 1. The van der Waals surface area contributed by atoms with Gasteiger partial charge in [0.25, 0.3) is 0 Å². The largest absolute Gasteiger partial charge is 0.508 e. The second-order valence-electron chi connectivity index (χ2n) is 33.9. The summed E-state index contributed by atoms with van der Waals surface area (Å²) in [4.78, 5) is 248. The van der Waals surface area contributed by atoms with Gasteiger partial charge in [-0.1, -0.05) is 125 Å². The molecule has 0 radical (unpaired) electrons. The number of phenolic OH excluding ortho intramolecular Hbond substituents is 1. The average Bonchev–Trinajstić information content (AvgIpc) is 1.77. The number of carbonyl (C=O) groups is 17. The molecule has 0 bridgehead atoms. The highest BCUT2D eigenvalue weighted by Gasteiger charge is 2.48. The van der Waals surface area contributed by atoms with Crippen molar-refractivity contribution in [3.8, 4) is 5.75 Å². The van der Waals surface area contributed by atoms with Gasteiger partial charge >= 0.3 is 5.97 Å². The molecule has 2 aliphatic rings. The summed E-state index contributed by atoms with van der Waals surface area (Å²) in [7, 11) is 3.79. The van der Waals surface area contributed by atoms with Crippen LogP contribution < -0.4 is 65.5 Å². The van der Waals surface area contributed by atoms with E-state index >= 15 is 37.5 Å². The first kappa shape index (κ1) is 107. The van der Waals surface area contributed by atoms with E-state index in [-0.39, 0.29) is 75.0 Å². The molecule has 0 saturated carbocycles. The third-order valence-corrected chi connectivity index (χ3v) is 24.4. The van der Waals surface area contributed by atoms with E-state index in [1.54, 1.807) is 112 Å². The number of nitrogens with one attached hydrogen (secondary N) is 9. The Morgan fingerprint density at radius 2 is 1.07 bits per heavy atom. The number of aldehydes is 1. The number of halogens is 3. The number of likely N-dealkylation sites (tertiary alicyclic amines) is 2. The second kappa shape index (κ2) is 51.2. The predicted molar refractivity (Wildman–Crippen MR) is 486 cm³/mol. The number of fused-ring (bicyclic) bond motifs is 1. The summed E-state index contributed by atoms with van der Waals surface area (Å²) in [6.07, 6.45) is -4.89. The molecule has 21 N–H and O–H groups in total. The number of nitrogens with two attached hydrogens (primary N) is 4. The number of hydrogen-bond donors (Lipinski definition) is 17. The number of hydrogen-bond acceptors (Lipinski definition) is 23. The summed E-state index contributed by atoms with van der Waals surface area (Å²) < 4.78 is 44.8. The molecule has 43 heteroatoms. The number of carboxylic acids is 1. The van der Waals surface area contributed by atoms with E-state index in [9.17, 15) is 77.6 Å². The number of aliphatic hydroxyl groups excluding tert-OH is 2. The van der Waals surface area contributed by atoms with Crippen molar-refractivity contribution in [2.45, 2.75) is 208 Å². The van der Waals surface area contributed by atoms with Crippen LogP contribution in [0.1, 0.15) is 113 Å². The van der Waals surface area contributed by atoms with Gasteiger partial charge in [-0.2, -0.15) is 0 Å². The number of benzene rings is 5. The molecule has 15 amide bonds. The van der Waals surface area contributed by atoms with Crippen molar-refractivity contribution in [3.05, 3.63) is 173 Å². The van der Waals surface area contributed by atoms with Gasteiger partial charge in [-0.25, -0.2) is 13.2 Å². The summed E-state index contributed by atoms with van der Waals surface area (Å²) in [5.41, 5.74) is 25.3. The molecule has 1 unspecified atom stereocenters. The lowest BCUT2D eigenvalue weighted by Crippen LogP contribution is -2.61. The van der Waals surface area contributed by atoms with E-state index < -0.39 is 272 Å². The number of carboxylic acid groups (broad SMARTS) is 1. The van der Waals surface area contributed by atoms with Gasteiger partial charge in [0.15, 0.2) is 17.5 Å². The zero-order chi connectivity index (χ0) is 99.2. The molecule has 0 aliphatic carbocycles. The average molecular weight is 1900 g/mol. The van der Waals surface area contributed by atoms with E-state index in [2.05, 4.69) is 47.5 Å². The second-order valence-corrected chi connectivity index (χ2v) is 34.9. The summed E-state index contributed by atoms with van der Waals surface area (Å²) in [5.74, 6) is -23.1. The van der Waals surface area contributed by atoms with Crippen molar-refractivity contribution >= 4 is 124 Å². The van der Waals surface area contributed by atoms with E-state index in [0.29, 0.717) is 69.9 Å². The molecule has 2 fully saturated rings. The predicted octanol–water partition coefficient (Wildman–Crippen LogP) is -1.21. The van der Waals surface area contributed by atoms with Crippen molar-refractivity contribution in [1.82, 2.24) is 72.0 Å². The Bertz CT molecular complexity index is 5180. The van der Waals surface area contributed by atoms with Crippen molar-refractivity contribution in [3.63, 3.8) is 0 Å². The summed E-state index contributed by atoms with van der Waals surface area (Å²) in [6.45, 7) is 3.37. The molecule has 39 nitrogen and oxygen atoms in total. The van der Waals surface area contributed by atoms with Gasteiger partial charge in [-0.15, -0.1) is 11.8 Å². The summed E-state index contributed by atoms with van der Waals surface area (Å²) in [5, 5.41) is 62.8. The number of H-pyrrole nitrogens is 1. The molecule has 8 rings (SSSR count). The van der Waals surface area contributed by atoms with Gasteiger partial charge < -0.3 is 120 Å². The van der Waals surface area contributed by atoms with Crippen molar-refractivity contribution in [1.29, 1.82) is 0 Å². The maximum absolute atomic E-state index is 15.4. The maximum atomic E-state index is 15.4. The van der Waals surface area contributed by atoms with E-state index in [1.807, 2.05) is 0 Å². The minimum Gasteiger partial charge on any atom is -0.508 e. The normalized spacial score (nSPS) is 17.1. The van der Waals surface area contributed by atoms with Crippen LogP contribution >= 0.6 is 11.8 Å². The Morgan fingerprint density at radius 3 is 1.64 bits per heavy atom. The van der Waals surface area contributed by atoms with E-state index in [4.69, 9.17) is 22.9 Å². The van der Waals surface area contributed by atoms with Gasteiger partial charge in [0, 0.05) is 108 Å². The van der Waals surface area contributed by atoms with Crippen molar-refractivity contribution in [2.24, 2.45) is 28.9 Å². The Morgan fingerprint density at radius 1 is 0.548 bits per heavy atom. The number of rotatable bonds is 51. The van der Waals surface area contributed by atoms with Crippen LogP contribution in [0.3, 0.4) is 0 Å². The number of β-amino-alcohol motifs (C(OH)–C–C–N with tert-alkyl or cyclic N) is 2. The summed E-state index contributed by atoms with van der Waals surface area (Å²) in [6, 6.07) is 9.88. The molecular formula is C92H119F3N18O21S. The quantitative estimate of drug-likeness (QED) is 0.0157. The van der Waals surface area contributed by atoms with Crippen LogP contribution in [0, 0.1) is 23.4 Å². The number of aliphatic hydroxyl groups is 2. The lowest BCUT2D eigenvalue weighted by Gasteiger charge is -2.37. The fraction of sp³-hybridized carbons (Fsp3) is 0.467. The number of unbranched alkanes of at least 4 members (excludes halogenated alkanes) is 1. The monoisotopic (exact) mass is 1900 g/mol. The van der Waals surface area contributed by atoms with Crippen molar-refractivity contribution < 1.29 is 115 Å². The molecule has 0 spiro atoms. The van der Waals surface area contributed by atoms with Gasteiger partial charge in [-0.05, 0) is 96.3 Å². The first-order valence-electron chi connectivity index (χ1n) is 44.1. The Kier molecular flexibility index (Phi) is 40.5. The van der Waals surface area contributed by atoms with Crippen molar-refractivity contribution in [2.75, 3.05) is 58.8 Å². The molecule has 5 aromatic carbocycles. The van der Waals surface area contributed by atoms with Crippen LogP contribution in [-0.2, 0) is 114 Å². The highest BCUT2D eigenvalue weighted by atomic mass is 32.2. The maximum Gasteiger partial charge on any atom is 0.305 e. The van der Waals surface area contributed by atoms with Crippen LogP contribution in [0.4, 0.5) is 13.2 Å². The standard InChI is InChI=1S/C92H119F3N18O21S/c1-7-8-25-70(91(133)113-46-59(117)41-72(113)86(128)102-56(47-114)40-78(121)122)109(4)90(132)74(38-52-20-13-10-14-21-52)111(6)88(130)68(36-54-33-61(93)79(95)62(94)34-54)103-77(120)49-135-48-69(81(123)101-44-76(98)119)108-82(124)64(24-17-32-96)104-83(125)66(35-53-26-28-57(115)29-27-53)106-84(126)67(39-55-43-100-63-23-16-15-22-60(55)63)107-87(129)73-42-58(116)45-112(73)89(131)65(30-31-75(97)118)105-85(127)71(37-51-18-11-9-12-19-51)110(5)92(134)80(99)50(2)3/h9-16,18-23,26-29,33-34,43,47,50,56,58-59,64-74,80,100,115-117H,7-8,17,24-25,30-32,35-42,44-46,48-49,96,99H2,1-6H3,(H2,97,118)(H2,98,119)(H,101,123)(H,102,128)(H,103,120)(H,104,125)(H,105,127)(H,106,126)(H,107,129)(H,108,124)(H,121,122)/t56-,58+,59+,64-,65-,66-,67-,68-,69-,70-,71?,72+,73+,74-,80-/m0/s1. The molecule has 6 aromatic rings. The Hall–Kier alpha value is -13.4. The molecule has 2 saturated heterocycles. The van der Waals surface area contributed by atoms with Gasteiger partial charge in [-0.3, -0.25) is 76.7 Å². The van der Waals surface area contributed by atoms with Crippen LogP contribution in [0.25, 0.3) is 10.9 Å². The lowest BCUT2D eigenvalue weighted by molar-refractivity contribution is -0.152. The van der Waals surface area contributed by atoms with Gasteiger partial charge in [0.1, 0.15) is 78.5 Å². The zero-order valence-corrected chi connectivity index (χ0v) is 76.4. The van der Waals surface area contributed by atoms with Crippen LogP contribution in [0.15, 0.2) is 128 Å². The molecule has 15 atom stereocenters. The number of thioether (sulfide) groups is 1. The number of aromatic nitrogens is 1. The lowest BCUT2D eigenvalue weighted by atomic mass is 9.99. The minimum atomic E-state index is -1.90. The van der Waals surface area contributed by atoms with E-state index in [0.717, 1.165) is 31.5 Å². The fourth-order valence-corrected chi connectivity index (χ4v) is 16.7.